The van der Waals surface area contributed by atoms with Gasteiger partial charge in [-0.15, -0.1) is 6.42 Å². The summed E-state index contributed by atoms with van der Waals surface area (Å²) in [4.78, 5) is 0. The highest BCUT2D eigenvalue weighted by Crippen LogP contribution is 2.27. The van der Waals surface area contributed by atoms with Crippen LogP contribution in [0.5, 0.6) is 0 Å². The van der Waals surface area contributed by atoms with Crippen LogP contribution in [0.2, 0.25) is 0 Å². The molecule has 0 bridgehead atoms. The van der Waals surface area contributed by atoms with E-state index < -0.39 is 0 Å². The summed E-state index contributed by atoms with van der Waals surface area (Å²) >= 11 is 0. The van der Waals surface area contributed by atoms with Gasteiger partial charge in [0.25, 0.3) is 0 Å². The average Bonchev–Trinajstić information content (AvgIpc) is 2.56. The third-order valence-corrected chi connectivity index (χ3v) is 2.87. The van der Waals surface area contributed by atoms with E-state index in [1.165, 1.54) is 25.7 Å². The molecule has 0 saturated heterocycles. The van der Waals surface area contributed by atoms with Gasteiger partial charge in [0.2, 0.25) is 0 Å². The molecule has 12 heavy (non-hydrogen) atoms. The number of rotatable bonds is 3. The Morgan fingerprint density at radius 1 is 1.33 bits per heavy atom. The summed E-state index contributed by atoms with van der Waals surface area (Å²) < 4.78 is 0. The van der Waals surface area contributed by atoms with E-state index in [4.69, 9.17) is 6.42 Å². The maximum atomic E-state index is 5.31. The molecule has 1 nitrogen and oxygen atoms in total. The Labute approximate surface area is 75.9 Å². The third-order valence-electron chi connectivity index (χ3n) is 2.87. The van der Waals surface area contributed by atoms with Crippen LogP contribution in [0.3, 0.4) is 0 Å². The van der Waals surface area contributed by atoms with Gasteiger partial charge in [-0.05, 0) is 32.6 Å². The molecule has 1 saturated carbocycles. The minimum absolute atomic E-state index is 0.223. The monoisotopic (exact) mass is 165 g/mol. The summed E-state index contributed by atoms with van der Waals surface area (Å²) in [7, 11) is 0. The Kier molecular flexibility index (Phi) is 3.62. The lowest BCUT2D eigenvalue weighted by atomic mass is 9.99. The van der Waals surface area contributed by atoms with E-state index in [1.807, 2.05) is 6.92 Å². The molecule has 0 heterocycles. The minimum atomic E-state index is 0.223. The van der Waals surface area contributed by atoms with Gasteiger partial charge in [0.1, 0.15) is 0 Å². The predicted molar refractivity (Wildman–Crippen MR) is 52.9 cm³/mol. The Bertz CT molecular complexity index is 162. The van der Waals surface area contributed by atoms with Crippen molar-refractivity contribution in [3.63, 3.8) is 0 Å². The number of hydrogen-bond acceptors (Lipinski definition) is 1. The Morgan fingerprint density at radius 3 is 2.42 bits per heavy atom. The topological polar surface area (TPSA) is 12.0 Å². The molecule has 0 amide bonds. The molecule has 0 aromatic heterocycles. The first kappa shape index (κ1) is 9.61. The zero-order chi connectivity index (χ0) is 8.97. The molecular formula is C11H19N. The van der Waals surface area contributed by atoms with Crippen molar-refractivity contribution in [1.82, 2.24) is 5.32 Å². The smallest absolute Gasteiger partial charge is 0.0660 e. The molecule has 1 fully saturated rings. The van der Waals surface area contributed by atoms with Crippen LogP contribution in [0.25, 0.3) is 0 Å². The molecule has 1 N–H and O–H groups in total. The molecule has 0 aromatic carbocycles. The van der Waals surface area contributed by atoms with Crippen LogP contribution in [0.15, 0.2) is 0 Å². The maximum Gasteiger partial charge on any atom is 0.0660 e. The van der Waals surface area contributed by atoms with Crippen LogP contribution >= 0.6 is 0 Å². The standard InChI is InChI=1S/C11H19N/c1-4-9(2)12-10(3)11-7-5-6-8-11/h1,9-12H,5-8H2,2-3H3/t9?,10-/m1/s1. The number of nitrogens with one attached hydrogen (secondary N) is 1. The van der Waals surface area contributed by atoms with Crippen molar-refractivity contribution >= 4 is 0 Å². The zero-order valence-electron chi connectivity index (χ0n) is 8.14. The summed E-state index contributed by atoms with van der Waals surface area (Å²) in [5.74, 6) is 3.57. The molecular weight excluding hydrogens is 146 g/mol. The van der Waals surface area contributed by atoms with Crippen molar-refractivity contribution < 1.29 is 0 Å². The second kappa shape index (κ2) is 4.52. The van der Waals surface area contributed by atoms with Crippen LogP contribution in [-0.4, -0.2) is 12.1 Å². The van der Waals surface area contributed by atoms with Gasteiger partial charge in [-0.3, -0.25) is 0 Å². The first-order valence-corrected chi connectivity index (χ1v) is 4.96. The molecule has 1 unspecified atom stereocenters. The molecule has 1 rings (SSSR count). The van der Waals surface area contributed by atoms with Gasteiger partial charge in [-0.25, -0.2) is 0 Å². The summed E-state index contributed by atoms with van der Waals surface area (Å²) in [6.07, 6.45) is 10.9. The van der Waals surface area contributed by atoms with Crippen LogP contribution in [0.4, 0.5) is 0 Å². The van der Waals surface area contributed by atoms with Crippen LogP contribution in [0.1, 0.15) is 39.5 Å². The van der Waals surface area contributed by atoms with E-state index in [0.717, 1.165) is 5.92 Å². The molecule has 1 aliphatic rings. The quantitative estimate of drug-likeness (QED) is 0.632. The highest BCUT2D eigenvalue weighted by Gasteiger charge is 2.21. The summed E-state index contributed by atoms with van der Waals surface area (Å²) in [5.41, 5.74) is 0. The lowest BCUT2D eigenvalue weighted by molar-refractivity contribution is 0.372. The lowest BCUT2D eigenvalue weighted by Crippen LogP contribution is -2.37. The molecule has 0 aromatic rings. The van der Waals surface area contributed by atoms with Crippen molar-refractivity contribution in [2.24, 2.45) is 5.92 Å². The van der Waals surface area contributed by atoms with E-state index in [1.54, 1.807) is 0 Å². The summed E-state index contributed by atoms with van der Waals surface area (Å²) in [6.45, 7) is 4.30. The molecule has 0 aliphatic heterocycles. The Morgan fingerprint density at radius 2 is 1.92 bits per heavy atom. The average molecular weight is 165 g/mol. The van der Waals surface area contributed by atoms with Gasteiger partial charge in [-0.2, -0.15) is 0 Å². The van der Waals surface area contributed by atoms with Crippen molar-refractivity contribution in [2.45, 2.75) is 51.6 Å². The lowest BCUT2D eigenvalue weighted by Gasteiger charge is -2.22. The van der Waals surface area contributed by atoms with Gasteiger partial charge in [0, 0.05) is 6.04 Å². The van der Waals surface area contributed by atoms with Gasteiger partial charge in [0.15, 0.2) is 0 Å². The molecule has 0 radical (unpaired) electrons. The van der Waals surface area contributed by atoms with E-state index in [9.17, 15) is 0 Å². The van der Waals surface area contributed by atoms with Crippen molar-refractivity contribution in [3.05, 3.63) is 0 Å². The van der Waals surface area contributed by atoms with E-state index in [2.05, 4.69) is 18.2 Å². The molecule has 2 atom stereocenters. The SMILES string of the molecule is C#CC(C)N[C@H](C)C1CCCC1. The fraction of sp³-hybridized carbons (Fsp3) is 0.818. The van der Waals surface area contributed by atoms with Crippen molar-refractivity contribution in [2.75, 3.05) is 0 Å². The normalized spacial score (nSPS) is 23.4. The summed E-state index contributed by atoms with van der Waals surface area (Å²) in [5, 5.41) is 3.44. The fourth-order valence-electron chi connectivity index (χ4n) is 2.04. The minimum Gasteiger partial charge on any atom is -0.301 e. The van der Waals surface area contributed by atoms with Crippen LogP contribution in [-0.2, 0) is 0 Å². The molecule has 1 heteroatoms. The van der Waals surface area contributed by atoms with Gasteiger partial charge < -0.3 is 5.32 Å². The van der Waals surface area contributed by atoms with E-state index >= 15 is 0 Å². The van der Waals surface area contributed by atoms with E-state index in [0.29, 0.717) is 6.04 Å². The Hall–Kier alpha value is -0.480. The predicted octanol–water partition coefficient (Wildman–Crippen LogP) is 2.18. The van der Waals surface area contributed by atoms with Crippen molar-refractivity contribution in [1.29, 1.82) is 0 Å². The van der Waals surface area contributed by atoms with Gasteiger partial charge in [-0.1, -0.05) is 18.8 Å². The fourth-order valence-corrected chi connectivity index (χ4v) is 2.04. The van der Waals surface area contributed by atoms with Gasteiger partial charge >= 0.3 is 0 Å². The summed E-state index contributed by atoms with van der Waals surface area (Å²) in [6, 6.07) is 0.819. The van der Waals surface area contributed by atoms with Crippen molar-refractivity contribution in [3.8, 4) is 12.3 Å². The number of terminal acetylenes is 1. The molecule has 68 valence electrons. The van der Waals surface area contributed by atoms with Crippen LogP contribution in [0, 0.1) is 18.3 Å². The van der Waals surface area contributed by atoms with Gasteiger partial charge in [0.05, 0.1) is 6.04 Å². The van der Waals surface area contributed by atoms with E-state index in [-0.39, 0.29) is 6.04 Å². The maximum absolute atomic E-state index is 5.31. The Balaban J connectivity index is 2.27. The molecule has 0 spiro atoms. The van der Waals surface area contributed by atoms with Crippen LogP contribution < -0.4 is 5.32 Å². The zero-order valence-corrected chi connectivity index (χ0v) is 8.14. The first-order valence-electron chi connectivity index (χ1n) is 4.96. The second-order valence-electron chi connectivity index (χ2n) is 3.89. The highest BCUT2D eigenvalue weighted by atomic mass is 14.9. The molecule has 1 aliphatic carbocycles. The first-order chi connectivity index (χ1) is 5.74. The highest BCUT2D eigenvalue weighted by molar-refractivity contribution is 4.97. The number of hydrogen-bond donors (Lipinski definition) is 1. The third kappa shape index (κ3) is 2.53. The largest absolute Gasteiger partial charge is 0.301 e. The second-order valence-corrected chi connectivity index (χ2v) is 3.89.